The summed E-state index contributed by atoms with van der Waals surface area (Å²) in [5, 5.41) is 0. The number of fused-ring (bicyclic) bond motifs is 1. The molecule has 3 rings (SSSR count). The van der Waals surface area contributed by atoms with E-state index in [2.05, 4.69) is 4.90 Å². The molecular weight excluding hydrogens is 286 g/mol. The Kier molecular flexibility index (Phi) is 4.19. The molecule has 1 atom stereocenters. The van der Waals surface area contributed by atoms with Crippen LogP contribution in [0.1, 0.15) is 24.8 Å². The maximum Gasteiger partial charge on any atom is 0.218 e. The van der Waals surface area contributed by atoms with Gasteiger partial charge in [0.25, 0.3) is 0 Å². The molecule has 2 fully saturated rings. The van der Waals surface area contributed by atoms with Gasteiger partial charge in [-0.3, -0.25) is 4.90 Å². The lowest BCUT2D eigenvalue weighted by molar-refractivity contribution is 0.257. The van der Waals surface area contributed by atoms with Crippen molar-refractivity contribution in [1.29, 1.82) is 0 Å². The number of nitrogens with two attached hydrogens (primary N) is 1. The van der Waals surface area contributed by atoms with Gasteiger partial charge in [0.05, 0.1) is 5.75 Å². The molecule has 0 aromatic heterocycles. The van der Waals surface area contributed by atoms with Crippen molar-refractivity contribution in [3.05, 3.63) is 29.8 Å². The van der Waals surface area contributed by atoms with Gasteiger partial charge in [-0.1, -0.05) is 12.1 Å². The molecule has 0 bridgehead atoms. The Balaban J connectivity index is 1.74. The second-order valence-electron chi connectivity index (χ2n) is 6.04. The van der Waals surface area contributed by atoms with Crippen LogP contribution in [0.5, 0.6) is 0 Å². The van der Waals surface area contributed by atoms with Crippen molar-refractivity contribution in [3.63, 3.8) is 0 Å². The number of sulfonamides is 1. The van der Waals surface area contributed by atoms with Gasteiger partial charge in [0.15, 0.2) is 0 Å². The molecule has 1 unspecified atom stereocenters. The third kappa shape index (κ3) is 3.39. The number of benzene rings is 1. The molecule has 2 N–H and O–H groups in total. The van der Waals surface area contributed by atoms with E-state index in [-0.39, 0.29) is 5.75 Å². The molecule has 1 aromatic carbocycles. The molecule has 21 heavy (non-hydrogen) atoms. The first-order chi connectivity index (χ1) is 10.0. The van der Waals surface area contributed by atoms with E-state index in [4.69, 9.17) is 5.73 Å². The Morgan fingerprint density at radius 1 is 1.19 bits per heavy atom. The van der Waals surface area contributed by atoms with Gasteiger partial charge < -0.3 is 5.73 Å². The predicted octanol–water partition coefficient (Wildman–Crippen LogP) is 1.27. The van der Waals surface area contributed by atoms with Crippen LogP contribution in [0.2, 0.25) is 0 Å². The predicted molar refractivity (Wildman–Crippen MR) is 84.3 cm³/mol. The minimum absolute atomic E-state index is 0.0464. The zero-order valence-electron chi connectivity index (χ0n) is 12.2. The first-order valence-corrected chi connectivity index (χ1v) is 9.22. The molecule has 0 aliphatic carbocycles. The lowest BCUT2D eigenvalue weighted by Gasteiger charge is -2.25. The topological polar surface area (TPSA) is 66.6 Å². The van der Waals surface area contributed by atoms with Gasteiger partial charge in [0.2, 0.25) is 10.0 Å². The van der Waals surface area contributed by atoms with Crippen molar-refractivity contribution >= 4 is 15.7 Å². The summed E-state index contributed by atoms with van der Waals surface area (Å²) < 4.78 is 27.0. The Labute approximate surface area is 126 Å². The van der Waals surface area contributed by atoms with E-state index in [0.29, 0.717) is 24.8 Å². The smallest absolute Gasteiger partial charge is 0.218 e. The quantitative estimate of drug-likeness (QED) is 0.854. The highest BCUT2D eigenvalue weighted by Gasteiger charge is 2.33. The van der Waals surface area contributed by atoms with E-state index >= 15 is 0 Å². The fourth-order valence-electron chi connectivity index (χ4n) is 3.41. The van der Waals surface area contributed by atoms with E-state index in [1.54, 1.807) is 22.5 Å². The largest absolute Gasteiger partial charge is 0.399 e. The van der Waals surface area contributed by atoms with Crippen LogP contribution in [0.15, 0.2) is 24.3 Å². The lowest BCUT2D eigenvalue weighted by Crippen LogP contribution is -2.40. The zero-order chi connectivity index (χ0) is 14.9. The second-order valence-corrected chi connectivity index (χ2v) is 8.01. The van der Waals surface area contributed by atoms with Gasteiger partial charge in [-0.2, -0.15) is 0 Å². The molecular formula is C15H23N3O2S. The molecule has 0 radical (unpaired) electrons. The minimum atomic E-state index is -3.26. The normalized spacial score (nSPS) is 24.7. The molecule has 0 saturated carbocycles. The fraction of sp³-hybridized carbons (Fsp3) is 0.600. The van der Waals surface area contributed by atoms with Crippen molar-refractivity contribution in [2.24, 2.45) is 0 Å². The zero-order valence-corrected chi connectivity index (χ0v) is 13.1. The Hall–Kier alpha value is -1.11. The molecule has 2 saturated heterocycles. The Morgan fingerprint density at radius 3 is 2.81 bits per heavy atom. The Morgan fingerprint density at radius 2 is 2.00 bits per heavy atom. The number of nitrogen functional groups attached to an aromatic ring is 1. The van der Waals surface area contributed by atoms with Crippen molar-refractivity contribution in [1.82, 2.24) is 9.21 Å². The average molecular weight is 309 g/mol. The summed E-state index contributed by atoms with van der Waals surface area (Å²) in [6, 6.07) is 7.56. The molecule has 116 valence electrons. The van der Waals surface area contributed by atoms with E-state index in [1.807, 2.05) is 6.07 Å². The highest BCUT2D eigenvalue weighted by molar-refractivity contribution is 7.88. The SMILES string of the molecule is Nc1cccc(CS(=O)(=O)N2CCCN3CCCC3C2)c1. The molecule has 2 aliphatic rings. The van der Waals surface area contributed by atoms with Crippen LogP contribution < -0.4 is 5.73 Å². The number of hydrogen-bond donors (Lipinski definition) is 1. The molecule has 0 amide bonds. The van der Waals surface area contributed by atoms with E-state index in [1.165, 1.54) is 6.42 Å². The van der Waals surface area contributed by atoms with Gasteiger partial charge in [0.1, 0.15) is 0 Å². The summed E-state index contributed by atoms with van der Waals surface area (Å²) in [5.74, 6) is 0.0464. The van der Waals surface area contributed by atoms with E-state index in [9.17, 15) is 8.42 Å². The lowest BCUT2D eigenvalue weighted by atomic mass is 10.2. The second kappa shape index (κ2) is 5.94. The van der Waals surface area contributed by atoms with Gasteiger partial charge in [-0.15, -0.1) is 0 Å². The third-order valence-electron chi connectivity index (χ3n) is 4.46. The van der Waals surface area contributed by atoms with Crippen molar-refractivity contribution in [2.45, 2.75) is 31.1 Å². The van der Waals surface area contributed by atoms with Crippen LogP contribution in [-0.2, 0) is 15.8 Å². The fourth-order valence-corrected chi connectivity index (χ4v) is 5.00. The van der Waals surface area contributed by atoms with Crippen molar-refractivity contribution in [2.75, 3.05) is 31.9 Å². The van der Waals surface area contributed by atoms with Gasteiger partial charge in [-0.25, -0.2) is 12.7 Å². The van der Waals surface area contributed by atoms with Gasteiger partial charge in [-0.05, 0) is 50.0 Å². The molecule has 1 aromatic rings. The average Bonchev–Trinajstić information content (AvgIpc) is 2.75. The monoisotopic (exact) mass is 309 g/mol. The molecule has 2 aliphatic heterocycles. The summed E-state index contributed by atoms with van der Waals surface area (Å²) in [7, 11) is -3.26. The molecule has 6 heteroatoms. The highest BCUT2D eigenvalue weighted by atomic mass is 32.2. The van der Waals surface area contributed by atoms with Crippen LogP contribution in [0.4, 0.5) is 5.69 Å². The number of nitrogens with zero attached hydrogens (tertiary/aromatic N) is 2. The highest BCUT2D eigenvalue weighted by Crippen LogP contribution is 2.24. The summed E-state index contributed by atoms with van der Waals surface area (Å²) in [6.45, 7) is 3.42. The van der Waals surface area contributed by atoms with Gasteiger partial charge >= 0.3 is 0 Å². The summed E-state index contributed by atoms with van der Waals surface area (Å²) in [5.41, 5.74) is 7.11. The summed E-state index contributed by atoms with van der Waals surface area (Å²) in [6.07, 6.45) is 3.23. The van der Waals surface area contributed by atoms with E-state index in [0.717, 1.165) is 31.5 Å². The van der Waals surface area contributed by atoms with E-state index < -0.39 is 10.0 Å². The van der Waals surface area contributed by atoms with Crippen LogP contribution in [0.3, 0.4) is 0 Å². The van der Waals surface area contributed by atoms with Crippen LogP contribution in [0, 0.1) is 0 Å². The minimum Gasteiger partial charge on any atom is -0.399 e. The van der Waals surface area contributed by atoms with Crippen LogP contribution in [0.25, 0.3) is 0 Å². The van der Waals surface area contributed by atoms with Crippen molar-refractivity contribution < 1.29 is 8.42 Å². The Bertz CT molecular complexity index is 603. The first-order valence-electron chi connectivity index (χ1n) is 7.61. The number of anilines is 1. The standard InChI is InChI=1S/C15H23N3O2S/c16-14-5-1-4-13(10-14)12-21(19,20)18-9-3-8-17-7-2-6-15(17)11-18/h1,4-5,10,15H,2-3,6-9,11-12,16H2. The molecule has 5 nitrogen and oxygen atoms in total. The maximum atomic E-state index is 12.7. The van der Waals surface area contributed by atoms with Crippen molar-refractivity contribution in [3.8, 4) is 0 Å². The third-order valence-corrected chi connectivity index (χ3v) is 6.28. The molecule has 0 spiro atoms. The van der Waals surface area contributed by atoms with Crippen LogP contribution >= 0.6 is 0 Å². The number of rotatable bonds is 3. The maximum absolute atomic E-state index is 12.7. The van der Waals surface area contributed by atoms with Crippen LogP contribution in [-0.4, -0.2) is 49.8 Å². The first kappa shape index (κ1) is 14.8. The van der Waals surface area contributed by atoms with Gasteiger partial charge in [0, 0.05) is 24.8 Å². The summed E-state index contributed by atoms with van der Waals surface area (Å²) in [4.78, 5) is 2.44. The summed E-state index contributed by atoms with van der Waals surface area (Å²) >= 11 is 0. The number of hydrogen-bond acceptors (Lipinski definition) is 4. The molecule has 2 heterocycles.